The van der Waals surface area contributed by atoms with Crippen LogP contribution in [-0.4, -0.2) is 67.8 Å². The Labute approximate surface area is 128 Å². The first-order valence-electron chi connectivity index (χ1n) is 7.28. The summed E-state index contributed by atoms with van der Waals surface area (Å²) in [7, 11) is 0. The molecule has 0 saturated carbocycles. The lowest BCUT2D eigenvalue weighted by Crippen LogP contribution is -2.44. The van der Waals surface area contributed by atoms with Gasteiger partial charge in [-0.2, -0.15) is 0 Å². The minimum absolute atomic E-state index is 0.0264. The first-order chi connectivity index (χ1) is 10.1. The molecule has 0 aromatic carbocycles. The second-order valence-electron chi connectivity index (χ2n) is 5.38. The molecule has 0 aliphatic carbocycles. The number of carbonyl (C=O) groups excluding carboxylic acids is 1. The minimum Gasteiger partial charge on any atom is -0.382 e. The van der Waals surface area contributed by atoms with Gasteiger partial charge in [-0.3, -0.25) is 4.79 Å². The van der Waals surface area contributed by atoms with E-state index in [9.17, 15) is 4.79 Å². The number of nitrogens with two attached hydrogens (primary N) is 1. The zero-order chi connectivity index (χ0) is 14.8. The molecule has 3 heterocycles. The Morgan fingerprint density at radius 2 is 2.19 bits per heavy atom. The van der Waals surface area contributed by atoms with Crippen LogP contribution in [0.4, 0.5) is 10.9 Å². The Hall–Kier alpha value is -1.38. The highest BCUT2D eigenvalue weighted by atomic mass is 32.1. The van der Waals surface area contributed by atoms with E-state index in [0.29, 0.717) is 30.4 Å². The fourth-order valence-electron chi connectivity index (χ4n) is 2.61. The van der Waals surface area contributed by atoms with Gasteiger partial charge in [0, 0.05) is 39.3 Å². The van der Waals surface area contributed by atoms with Crippen molar-refractivity contribution in [3.05, 3.63) is 4.88 Å². The Balaban J connectivity index is 1.75. The van der Waals surface area contributed by atoms with Crippen molar-refractivity contribution in [1.82, 2.24) is 15.2 Å². The number of piperazine rings is 1. The molecule has 0 spiro atoms. The molecule has 2 fully saturated rings. The Kier molecular flexibility index (Phi) is 4.27. The lowest BCUT2D eigenvalue weighted by Gasteiger charge is -2.30. The summed E-state index contributed by atoms with van der Waals surface area (Å²) in [4.78, 5) is 21.5. The molecule has 3 rings (SSSR count). The van der Waals surface area contributed by atoms with Crippen LogP contribution < -0.4 is 16.0 Å². The molecule has 0 radical (unpaired) electrons. The van der Waals surface area contributed by atoms with E-state index in [1.54, 1.807) is 4.90 Å². The van der Waals surface area contributed by atoms with Crippen LogP contribution >= 0.6 is 11.3 Å². The number of amides is 1. The van der Waals surface area contributed by atoms with E-state index >= 15 is 0 Å². The highest BCUT2D eigenvalue weighted by Gasteiger charge is 2.27. The predicted molar refractivity (Wildman–Crippen MR) is 82.9 cm³/mol. The molecule has 3 N–H and O–H groups in total. The summed E-state index contributed by atoms with van der Waals surface area (Å²) < 4.78 is 5.47. The molecule has 0 bridgehead atoms. The quantitative estimate of drug-likeness (QED) is 0.800. The van der Waals surface area contributed by atoms with Gasteiger partial charge in [-0.05, 0) is 6.92 Å². The summed E-state index contributed by atoms with van der Waals surface area (Å²) >= 11 is 1.40. The third-order valence-corrected chi connectivity index (χ3v) is 4.87. The number of ether oxygens (including phenoxy) is 1. The third kappa shape index (κ3) is 3.12. The Bertz CT molecular complexity index is 515. The van der Waals surface area contributed by atoms with Gasteiger partial charge in [0.2, 0.25) is 0 Å². The van der Waals surface area contributed by atoms with Gasteiger partial charge in [0.05, 0.1) is 12.7 Å². The fraction of sp³-hybridized carbons (Fsp3) is 0.692. The summed E-state index contributed by atoms with van der Waals surface area (Å²) in [6, 6.07) is 0. The van der Waals surface area contributed by atoms with Gasteiger partial charge in [-0.15, -0.1) is 0 Å². The summed E-state index contributed by atoms with van der Waals surface area (Å²) in [5.41, 5.74) is 5.97. The smallest absolute Gasteiger partial charge is 0.268 e. The van der Waals surface area contributed by atoms with Crippen molar-refractivity contribution in [2.75, 3.05) is 56.5 Å². The first kappa shape index (κ1) is 14.6. The van der Waals surface area contributed by atoms with E-state index in [0.717, 1.165) is 31.3 Å². The molecule has 8 heteroatoms. The first-order valence-corrected chi connectivity index (χ1v) is 8.09. The zero-order valence-electron chi connectivity index (χ0n) is 12.2. The maximum absolute atomic E-state index is 12.6. The van der Waals surface area contributed by atoms with Crippen LogP contribution in [0.25, 0.3) is 0 Å². The number of aromatic nitrogens is 1. The molecule has 2 aliphatic rings. The monoisotopic (exact) mass is 311 g/mol. The van der Waals surface area contributed by atoms with Crippen molar-refractivity contribution < 1.29 is 9.53 Å². The van der Waals surface area contributed by atoms with E-state index in [1.165, 1.54) is 11.3 Å². The number of nitrogens with one attached hydrogen (secondary N) is 1. The summed E-state index contributed by atoms with van der Waals surface area (Å²) in [6.07, 6.45) is 0.0736. The molecule has 1 aromatic rings. The zero-order valence-corrected chi connectivity index (χ0v) is 13.0. The van der Waals surface area contributed by atoms with Crippen molar-refractivity contribution in [2.45, 2.75) is 13.0 Å². The SMILES string of the molecule is CC1CN(C(=O)c2sc(N3CCNCC3)nc2N)CCO1. The van der Waals surface area contributed by atoms with Crippen molar-refractivity contribution in [2.24, 2.45) is 0 Å². The van der Waals surface area contributed by atoms with Crippen LogP contribution in [0.15, 0.2) is 0 Å². The standard InChI is InChI=1S/C13H21N5O2S/c1-9-8-18(6-7-20-9)12(19)10-11(14)16-13(21-10)17-4-2-15-3-5-17/h9,15H,2-8,14H2,1H3. The number of anilines is 2. The largest absolute Gasteiger partial charge is 0.382 e. The van der Waals surface area contributed by atoms with Crippen molar-refractivity contribution in [1.29, 1.82) is 0 Å². The molecule has 21 heavy (non-hydrogen) atoms. The van der Waals surface area contributed by atoms with Crippen LogP contribution in [0.2, 0.25) is 0 Å². The number of nitrogen functional groups attached to an aromatic ring is 1. The number of rotatable bonds is 2. The Morgan fingerprint density at radius 3 is 2.90 bits per heavy atom. The third-order valence-electron chi connectivity index (χ3n) is 3.75. The number of morpholine rings is 1. The average Bonchev–Trinajstić information content (AvgIpc) is 2.89. The highest BCUT2D eigenvalue weighted by molar-refractivity contribution is 7.18. The molecule has 116 valence electrons. The Morgan fingerprint density at radius 1 is 1.43 bits per heavy atom. The van der Waals surface area contributed by atoms with Gasteiger partial charge in [0.15, 0.2) is 5.13 Å². The van der Waals surface area contributed by atoms with E-state index in [1.807, 2.05) is 6.92 Å². The number of thiazole rings is 1. The van der Waals surface area contributed by atoms with Crippen LogP contribution in [0.1, 0.15) is 16.6 Å². The predicted octanol–water partition coefficient (Wildman–Crippen LogP) is -0.00420. The van der Waals surface area contributed by atoms with Crippen LogP contribution in [0.5, 0.6) is 0 Å². The fourth-order valence-corrected chi connectivity index (χ4v) is 3.62. The molecular formula is C13H21N5O2S. The minimum atomic E-state index is -0.0264. The number of nitrogens with zero attached hydrogens (tertiary/aromatic N) is 3. The van der Waals surface area contributed by atoms with E-state index in [2.05, 4.69) is 15.2 Å². The molecule has 1 amide bonds. The maximum atomic E-state index is 12.6. The van der Waals surface area contributed by atoms with Gasteiger partial charge >= 0.3 is 0 Å². The average molecular weight is 311 g/mol. The molecule has 2 aliphatic heterocycles. The summed E-state index contributed by atoms with van der Waals surface area (Å²) in [5.74, 6) is 0.319. The van der Waals surface area contributed by atoms with Crippen molar-refractivity contribution >= 4 is 28.2 Å². The maximum Gasteiger partial charge on any atom is 0.268 e. The molecular weight excluding hydrogens is 290 g/mol. The van der Waals surface area contributed by atoms with E-state index in [4.69, 9.17) is 10.5 Å². The van der Waals surface area contributed by atoms with Crippen LogP contribution in [0.3, 0.4) is 0 Å². The van der Waals surface area contributed by atoms with Gasteiger partial charge in [-0.25, -0.2) is 4.98 Å². The van der Waals surface area contributed by atoms with Gasteiger partial charge < -0.3 is 25.6 Å². The molecule has 1 unspecified atom stereocenters. The van der Waals surface area contributed by atoms with Crippen molar-refractivity contribution in [3.8, 4) is 0 Å². The highest BCUT2D eigenvalue weighted by Crippen LogP contribution is 2.29. The number of hydrogen-bond acceptors (Lipinski definition) is 7. The van der Waals surface area contributed by atoms with Crippen LogP contribution in [-0.2, 0) is 4.74 Å². The van der Waals surface area contributed by atoms with Gasteiger partial charge in [0.1, 0.15) is 10.7 Å². The summed E-state index contributed by atoms with van der Waals surface area (Å²) in [6.45, 7) is 7.44. The summed E-state index contributed by atoms with van der Waals surface area (Å²) in [5, 5.41) is 4.15. The van der Waals surface area contributed by atoms with Crippen LogP contribution in [0, 0.1) is 0 Å². The van der Waals surface area contributed by atoms with Crippen molar-refractivity contribution in [3.63, 3.8) is 0 Å². The lowest BCUT2D eigenvalue weighted by molar-refractivity contribution is -0.0122. The molecule has 1 atom stereocenters. The lowest BCUT2D eigenvalue weighted by atomic mass is 10.3. The second-order valence-corrected chi connectivity index (χ2v) is 6.36. The number of carbonyl (C=O) groups is 1. The van der Waals surface area contributed by atoms with E-state index < -0.39 is 0 Å². The van der Waals surface area contributed by atoms with Gasteiger partial charge in [0.25, 0.3) is 5.91 Å². The molecule has 1 aromatic heterocycles. The van der Waals surface area contributed by atoms with E-state index in [-0.39, 0.29) is 12.0 Å². The molecule has 2 saturated heterocycles. The molecule has 7 nitrogen and oxygen atoms in total. The number of hydrogen-bond donors (Lipinski definition) is 2. The van der Waals surface area contributed by atoms with Gasteiger partial charge in [-0.1, -0.05) is 11.3 Å². The normalized spacial score (nSPS) is 23.4. The second kappa shape index (κ2) is 6.17. The topological polar surface area (TPSA) is 83.7 Å².